The van der Waals surface area contributed by atoms with Crippen LogP contribution in [-0.2, 0) is 16.4 Å². The molecule has 3 rings (SSSR count). The van der Waals surface area contributed by atoms with E-state index in [4.69, 9.17) is 0 Å². The van der Waals surface area contributed by atoms with Crippen molar-refractivity contribution in [2.24, 2.45) is 0 Å². The Balaban J connectivity index is 1.90. The summed E-state index contributed by atoms with van der Waals surface area (Å²) < 4.78 is 27.3. The lowest BCUT2D eigenvalue weighted by atomic mass is 10.1. The minimum absolute atomic E-state index is 0.121. The highest BCUT2D eigenvalue weighted by atomic mass is 32.2. The highest BCUT2D eigenvalue weighted by Crippen LogP contribution is 2.37. The second-order valence-electron chi connectivity index (χ2n) is 5.87. The van der Waals surface area contributed by atoms with Gasteiger partial charge in [0.15, 0.2) is 0 Å². The van der Waals surface area contributed by atoms with E-state index in [0.717, 1.165) is 24.0 Å². The van der Waals surface area contributed by atoms with E-state index < -0.39 is 10.0 Å². The molecule has 1 atom stereocenters. The maximum absolute atomic E-state index is 12.9. The van der Waals surface area contributed by atoms with Crippen LogP contribution in [0.25, 0.3) is 6.08 Å². The highest BCUT2D eigenvalue weighted by Gasteiger charge is 2.33. The topological polar surface area (TPSA) is 37.4 Å². The van der Waals surface area contributed by atoms with E-state index >= 15 is 0 Å². The summed E-state index contributed by atoms with van der Waals surface area (Å²) in [5.74, 6) is 0. The molecule has 124 valence electrons. The first-order valence-electron chi connectivity index (χ1n) is 8.05. The van der Waals surface area contributed by atoms with Crippen molar-refractivity contribution in [2.75, 3.05) is 6.54 Å². The third-order valence-corrected chi connectivity index (χ3v) is 5.85. The zero-order valence-electron chi connectivity index (χ0n) is 13.5. The monoisotopic (exact) mass is 339 g/mol. The minimum Gasteiger partial charge on any atom is -0.207 e. The van der Waals surface area contributed by atoms with Gasteiger partial charge < -0.3 is 0 Å². The van der Waals surface area contributed by atoms with Crippen molar-refractivity contribution >= 4 is 16.1 Å². The van der Waals surface area contributed by atoms with E-state index in [1.165, 1.54) is 11.0 Å². The van der Waals surface area contributed by atoms with Crippen LogP contribution in [0, 0.1) is 0 Å². The van der Waals surface area contributed by atoms with Crippen molar-refractivity contribution in [3.63, 3.8) is 0 Å². The molecule has 0 saturated carbocycles. The van der Waals surface area contributed by atoms with Crippen molar-refractivity contribution in [1.82, 2.24) is 4.31 Å². The molecule has 0 spiro atoms. The van der Waals surface area contributed by atoms with Gasteiger partial charge in [0, 0.05) is 12.0 Å². The molecule has 1 unspecified atom stereocenters. The van der Waals surface area contributed by atoms with Gasteiger partial charge in [-0.2, -0.15) is 4.31 Å². The molecule has 1 aliphatic rings. The summed E-state index contributed by atoms with van der Waals surface area (Å²) in [6.45, 7) is 4.04. The molecular weight excluding hydrogens is 318 g/mol. The van der Waals surface area contributed by atoms with Crippen LogP contribution in [0.2, 0.25) is 0 Å². The summed E-state index contributed by atoms with van der Waals surface area (Å²) in [6.07, 6.45) is 5.01. The molecule has 0 amide bonds. The lowest BCUT2D eigenvalue weighted by molar-refractivity contribution is 0.353. The smallest absolute Gasteiger partial charge is 0.207 e. The number of aryl methyl sites for hydroxylation is 1. The van der Waals surface area contributed by atoms with Crippen LogP contribution in [0.15, 0.2) is 72.7 Å². The Morgan fingerprint density at radius 3 is 2.54 bits per heavy atom. The van der Waals surface area contributed by atoms with E-state index in [1.54, 1.807) is 16.5 Å². The van der Waals surface area contributed by atoms with Gasteiger partial charge in [-0.1, -0.05) is 60.7 Å². The molecule has 0 heterocycles. The first-order valence-corrected chi connectivity index (χ1v) is 9.56. The molecule has 0 aliphatic heterocycles. The maximum Gasteiger partial charge on any atom is 0.237 e. The molecule has 3 nitrogen and oxygen atoms in total. The van der Waals surface area contributed by atoms with E-state index in [1.807, 2.05) is 48.5 Å². The van der Waals surface area contributed by atoms with Crippen LogP contribution in [-0.4, -0.2) is 19.3 Å². The van der Waals surface area contributed by atoms with Crippen LogP contribution in [0.3, 0.4) is 0 Å². The summed E-state index contributed by atoms with van der Waals surface area (Å²) in [5.41, 5.74) is 3.21. The molecule has 0 radical (unpaired) electrons. The third kappa shape index (κ3) is 3.50. The maximum atomic E-state index is 12.9. The molecule has 2 aromatic carbocycles. The normalized spacial score (nSPS) is 17.3. The second kappa shape index (κ2) is 7.16. The second-order valence-corrected chi connectivity index (χ2v) is 7.64. The van der Waals surface area contributed by atoms with Gasteiger partial charge in [0.1, 0.15) is 0 Å². The molecule has 2 aromatic rings. The molecule has 0 bridgehead atoms. The van der Waals surface area contributed by atoms with Gasteiger partial charge >= 0.3 is 0 Å². The molecule has 4 heteroatoms. The third-order valence-electron chi connectivity index (χ3n) is 4.32. The number of rotatable bonds is 6. The summed E-state index contributed by atoms with van der Waals surface area (Å²) in [6, 6.07) is 17.4. The average Bonchev–Trinajstić information content (AvgIpc) is 3.02. The largest absolute Gasteiger partial charge is 0.237 e. The van der Waals surface area contributed by atoms with Crippen LogP contribution < -0.4 is 0 Å². The fourth-order valence-electron chi connectivity index (χ4n) is 3.18. The highest BCUT2D eigenvalue weighted by molar-refractivity contribution is 7.92. The number of sulfonamides is 1. The number of hydrogen-bond acceptors (Lipinski definition) is 2. The number of fused-ring (bicyclic) bond motifs is 1. The summed E-state index contributed by atoms with van der Waals surface area (Å²) in [5, 5.41) is 1.30. The Morgan fingerprint density at radius 2 is 1.79 bits per heavy atom. The van der Waals surface area contributed by atoms with Crippen molar-refractivity contribution in [3.8, 4) is 0 Å². The van der Waals surface area contributed by atoms with Gasteiger partial charge in [0.2, 0.25) is 10.0 Å². The lowest BCUT2D eigenvalue weighted by Crippen LogP contribution is -2.32. The van der Waals surface area contributed by atoms with Crippen LogP contribution >= 0.6 is 0 Å². The molecule has 24 heavy (non-hydrogen) atoms. The zero-order chi connectivity index (χ0) is 17.0. The van der Waals surface area contributed by atoms with E-state index in [-0.39, 0.29) is 6.04 Å². The van der Waals surface area contributed by atoms with Crippen molar-refractivity contribution < 1.29 is 8.42 Å². The summed E-state index contributed by atoms with van der Waals surface area (Å²) >= 11 is 0. The Kier molecular flexibility index (Phi) is 4.97. The first kappa shape index (κ1) is 16.7. The molecule has 1 aliphatic carbocycles. The Hall–Kier alpha value is -2.17. The zero-order valence-corrected chi connectivity index (χ0v) is 14.3. The van der Waals surface area contributed by atoms with Gasteiger partial charge in [0.25, 0.3) is 0 Å². The van der Waals surface area contributed by atoms with Gasteiger partial charge in [0.05, 0.1) is 6.04 Å². The van der Waals surface area contributed by atoms with Gasteiger partial charge in [-0.05, 0) is 35.6 Å². The van der Waals surface area contributed by atoms with Gasteiger partial charge in [-0.3, -0.25) is 0 Å². The summed E-state index contributed by atoms with van der Waals surface area (Å²) in [7, 11) is -3.53. The quantitative estimate of drug-likeness (QED) is 0.741. The number of benzene rings is 2. The first-order chi connectivity index (χ1) is 11.6. The fourth-order valence-corrected chi connectivity index (χ4v) is 4.55. The average molecular weight is 339 g/mol. The van der Waals surface area contributed by atoms with Gasteiger partial charge in [-0.15, -0.1) is 6.58 Å². The standard InChI is InChI=1S/C20H21NO2S/c1-2-15-21(20-13-12-18-10-6-7-11-19(18)20)24(22,23)16-14-17-8-4-3-5-9-17/h2-11,14,16,20H,1,12-13,15H2. The Morgan fingerprint density at radius 1 is 1.08 bits per heavy atom. The lowest BCUT2D eigenvalue weighted by Gasteiger charge is -2.26. The Labute approximate surface area is 144 Å². The minimum atomic E-state index is -3.53. The number of hydrogen-bond donors (Lipinski definition) is 0. The SMILES string of the molecule is C=CCN(C1CCc2ccccc21)S(=O)(=O)C=Cc1ccccc1. The predicted octanol–water partition coefficient (Wildman–Crippen LogP) is 4.16. The molecule has 0 fully saturated rings. The number of nitrogens with zero attached hydrogens (tertiary/aromatic N) is 1. The van der Waals surface area contributed by atoms with Crippen molar-refractivity contribution in [2.45, 2.75) is 18.9 Å². The fraction of sp³-hybridized carbons (Fsp3) is 0.200. The van der Waals surface area contributed by atoms with Crippen LogP contribution in [0.5, 0.6) is 0 Å². The molecule has 0 aromatic heterocycles. The van der Waals surface area contributed by atoms with Gasteiger partial charge in [-0.25, -0.2) is 8.42 Å². The van der Waals surface area contributed by atoms with E-state index in [0.29, 0.717) is 6.54 Å². The van der Waals surface area contributed by atoms with Crippen molar-refractivity contribution in [1.29, 1.82) is 0 Å². The van der Waals surface area contributed by atoms with Crippen molar-refractivity contribution in [3.05, 3.63) is 89.4 Å². The van der Waals surface area contributed by atoms with E-state index in [2.05, 4.69) is 12.6 Å². The van der Waals surface area contributed by atoms with Crippen LogP contribution in [0.1, 0.15) is 29.2 Å². The molecule has 0 saturated heterocycles. The summed E-state index contributed by atoms with van der Waals surface area (Å²) in [4.78, 5) is 0. The predicted molar refractivity (Wildman–Crippen MR) is 98.8 cm³/mol. The Bertz CT molecular complexity index is 841. The molecule has 0 N–H and O–H groups in total. The molecular formula is C20H21NO2S. The van der Waals surface area contributed by atoms with E-state index in [9.17, 15) is 8.42 Å². The van der Waals surface area contributed by atoms with Crippen LogP contribution in [0.4, 0.5) is 0 Å².